The molecule has 7 heteroatoms. The molecule has 12 rings (SSSR count). The molecule has 0 fully saturated rings. The van der Waals surface area contributed by atoms with Crippen molar-refractivity contribution >= 4 is 65.6 Å². The first-order valence-corrected chi connectivity index (χ1v) is 19.5. The summed E-state index contributed by atoms with van der Waals surface area (Å²) in [5.74, 6) is 1.62. The molecule has 0 saturated heterocycles. The molecule has 0 atom stereocenters. The van der Waals surface area contributed by atoms with Crippen molar-refractivity contribution in [2.24, 2.45) is 0 Å². The molecular weight excluding hydrogens is 725 g/mol. The van der Waals surface area contributed by atoms with Crippen LogP contribution < -0.4 is 0 Å². The van der Waals surface area contributed by atoms with Gasteiger partial charge >= 0.3 is 0 Å². The average Bonchev–Trinajstić information content (AvgIpc) is 3.97. The van der Waals surface area contributed by atoms with Crippen molar-refractivity contribution in [1.29, 1.82) is 5.26 Å². The van der Waals surface area contributed by atoms with Crippen LogP contribution in [0.3, 0.4) is 0 Å². The molecule has 4 heterocycles. The minimum absolute atomic E-state index is 0.492. The van der Waals surface area contributed by atoms with E-state index in [1.165, 1.54) is 0 Å². The van der Waals surface area contributed by atoms with E-state index in [1.54, 1.807) is 0 Å². The molecule has 0 radical (unpaired) electrons. The molecule has 0 aliphatic carbocycles. The maximum atomic E-state index is 10.8. The first-order valence-electron chi connectivity index (χ1n) is 19.5. The summed E-state index contributed by atoms with van der Waals surface area (Å²) in [5.41, 5.74) is 10.7. The minimum Gasteiger partial charge on any atom is -0.455 e. The summed E-state index contributed by atoms with van der Waals surface area (Å²) in [5, 5.41) is 17.2. The van der Waals surface area contributed by atoms with Crippen molar-refractivity contribution in [1.82, 2.24) is 24.1 Å². The minimum atomic E-state index is 0.492. The van der Waals surface area contributed by atoms with Gasteiger partial charge in [0.15, 0.2) is 17.5 Å². The van der Waals surface area contributed by atoms with Crippen molar-refractivity contribution < 1.29 is 4.42 Å². The van der Waals surface area contributed by atoms with Gasteiger partial charge < -0.3 is 13.6 Å². The second-order valence-corrected chi connectivity index (χ2v) is 14.7. The monoisotopic (exact) mass is 754 g/mol. The fourth-order valence-corrected chi connectivity index (χ4v) is 8.81. The molecule has 0 unspecified atom stereocenters. The maximum absolute atomic E-state index is 10.8. The molecule has 0 spiro atoms. The molecule has 0 aliphatic rings. The molecule has 0 amide bonds. The normalized spacial score (nSPS) is 11.7. The summed E-state index contributed by atoms with van der Waals surface area (Å²) >= 11 is 0. The molecule has 12 aromatic rings. The number of hydrogen-bond acceptors (Lipinski definition) is 5. The average molecular weight is 755 g/mol. The van der Waals surface area contributed by atoms with E-state index in [1.807, 2.05) is 91.0 Å². The van der Waals surface area contributed by atoms with Crippen LogP contribution in [0.5, 0.6) is 0 Å². The van der Waals surface area contributed by atoms with E-state index in [0.717, 1.165) is 93.6 Å². The lowest BCUT2D eigenvalue weighted by molar-refractivity contribution is 0.677. The Labute approximate surface area is 337 Å². The van der Waals surface area contributed by atoms with Gasteiger partial charge in [-0.15, -0.1) is 0 Å². The lowest BCUT2D eigenvalue weighted by atomic mass is 10.1. The number of rotatable bonds is 5. The number of fused-ring (bicyclic) bond motifs is 11. The molecule has 8 aromatic carbocycles. The number of furan rings is 1. The fraction of sp³-hybridized carbons (Fsp3) is 0. The topological polar surface area (TPSA) is 85.5 Å². The summed E-state index contributed by atoms with van der Waals surface area (Å²) < 4.78 is 11.6. The zero-order valence-electron chi connectivity index (χ0n) is 31.4. The Morgan fingerprint density at radius 1 is 0.407 bits per heavy atom. The molecule has 59 heavy (non-hydrogen) atoms. The van der Waals surface area contributed by atoms with Gasteiger partial charge in [0.05, 0.1) is 44.1 Å². The Kier molecular flexibility index (Phi) is 7.16. The molecule has 4 aromatic heterocycles. The molecule has 274 valence electrons. The third-order valence-electron chi connectivity index (χ3n) is 11.4. The van der Waals surface area contributed by atoms with E-state index in [4.69, 9.17) is 19.4 Å². The van der Waals surface area contributed by atoms with Crippen molar-refractivity contribution in [3.8, 4) is 51.6 Å². The fourth-order valence-electron chi connectivity index (χ4n) is 8.81. The van der Waals surface area contributed by atoms with E-state index in [-0.39, 0.29) is 0 Å². The highest BCUT2D eigenvalue weighted by Gasteiger charge is 2.23. The molecule has 0 N–H and O–H groups in total. The van der Waals surface area contributed by atoms with Gasteiger partial charge in [0.1, 0.15) is 17.2 Å². The Morgan fingerprint density at radius 2 is 0.881 bits per heavy atom. The smallest absolute Gasteiger partial charge is 0.164 e. The Morgan fingerprint density at radius 3 is 1.44 bits per heavy atom. The second-order valence-electron chi connectivity index (χ2n) is 14.7. The quantitative estimate of drug-likeness (QED) is 0.175. The largest absolute Gasteiger partial charge is 0.455 e. The molecular formula is C52H30N6O. The van der Waals surface area contributed by atoms with Gasteiger partial charge in [0.2, 0.25) is 0 Å². The van der Waals surface area contributed by atoms with Crippen LogP contribution in [0.2, 0.25) is 0 Å². The first kappa shape index (κ1) is 32.9. The number of nitrogens with zero attached hydrogens (tertiary/aromatic N) is 6. The van der Waals surface area contributed by atoms with E-state index in [2.05, 4.69) is 106 Å². The van der Waals surface area contributed by atoms with Gasteiger partial charge in [-0.2, -0.15) is 5.26 Å². The first-order chi connectivity index (χ1) is 29.2. The third-order valence-corrected chi connectivity index (χ3v) is 11.4. The Balaban J connectivity index is 1.07. The predicted octanol–water partition coefficient (Wildman–Crippen LogP) is 12.8. The summed E-state index contributed by atoms with van der Waals surface area (Å²) in [6, 6.07) is 64.2. The standard InChI is InChI=1S/C52H30N6O/c53-31-35-30-34(52-55-50(32-14-4-1-5-15-32)54-51(56-52)33-16-6-2-7-17-33)24-27-41(35)58-43-23-13-11-21-40(43)47-45(58)29-26-38-37-25-28-44-46(48(37)59-49(38)47)39-20-10-12-22-42(39)57(44)36-18-8-3-9-19-36/h1-30H. The van der Waals surface area contributed by atoms with Crippen molar-refractivity contribution in [3.05, 3.63) is 188 Å². The van der Waals surface area contributed by atoms with Crippen LogP contribution in [0.25, 0.3) is 111 Å². The molecule has 7 nitrogen and oxygen atoms in total. The SMILES string of the molecule is N#Cc1cc(-c2nc(-c3ccccc3)nc(-c3ccccc3)n2)ccc1-n1c2ccccc2c2c3oc4c(ccc5c4c4ccccc4n5-c4ccccc4)c3ccc21. The van der Waals surface area contributed by atoms with Crippen LogP contribution in [0.1, 0.15) is 5.56 Å². The van der Waals surface area contributed by atoms with Crippen LogP contribution in [0, 0.1) is 11.3 Å². The van der Waals surface area contributed by atoms with E-state index in [0.29, 0.717) is 23.0 Å². The van der Waals surface area contributed by atoms with Crippen LogP contribution in [-0.4, -0.2) is 24.1 Å². The molecule has 0 saturated carbocycles. The third kappa shape index (κ3) is 4.97. The lowest BCUT2D eigenvalue weighted by Crippen LogP contribution is -2.02. The second kappa shape index (κ2) is 12.8. The highest BCUT2D eigenvalue weighted by atomic mass is 16.3. The van der Waals surface area contributed by atoms with Crippen molar-refractivity contribution in [2.45, 2.75) is 0 Å². The van der Waals surface area contributed by atoms with E-state index in [9.17, 15) is 5.26 Å². The number of hydrogen-bond donors (Lipinski definition) is 0. The van der Waals surface area contributed by atoms with Gasteiger partial charge in [-0.05, 0) is 66.7 Å². The van der Waals surface area contributed by atoms with Gasteiger partial charge in [-0.1, -0.05) is 115 Å². The van der Waals surface area contributed by atoms with Crippen LogP contribution in [0.15, 0.2) is 186 Å². The lowest BCUT2D eigenvalue weighted by Gasteiger charge is -2.12. The van der Waals surface area contributed by atoms with Crippen LogP contribution >= 0.6 is 0 Å². The zero-order valence-corrected chi connectivity index (χ0v) is 31.4. The summed E-state index contributed by atoms with van der Waals surface area (Å²) in [6.45, 7) is 0. The number of aromatic nitrogens is 5. The van der Waals surface area contributed by atoms with Gasteiger partial charge in [-0.3, -0.25) is 0 Å². The van der Waals surface area contributed by atoms with Gasteiger partial charge in [-0.25, -0.2) is 15.0 Å². The summed E-state index contributed by atoms with van der Waals surface area (Å²) in [7, 11) is 0. The Bertz CT molecular complexity index is 3610. The Hall–Kier alpha value is -8.34. The van der Waals surface area contributed by atoms with Crippen molar-refractivity contribution in [2.75, 3.05) is 0 Å². The van der Waals surface area contributed by atoms with Gasteiger partial charge in [0.25, 0.3) is 0 Å². The highest BCUT2D eigenvalue weighted by molar-refractivity contribution is 6.29. The molecule has 0 bridgehead atoms. The summed E-state index contributed by atoms with van der Waals surface area (Å²) in [4.78, 5) is 14.7. The van der Waals surface area contributed by atoms with E-state index < -0.39 is 0 Å². The highest BCUT2D eigenvalue weighted by Crippen LogP contribution is 2.45. The number of para-hydroxylation sites is 3. The number of benzene rings is 8. The van der Waals surface area contributed by atoms with Crippen LogP contribution in [0.4, 0.5) is 0 Å². The zero-order chi connectivity index (χ0) is 39.0. The summed E-state index contributed by atoms with van der Waals surface area (Å²) in [6.07, 6.45) is 0. The maximum Gasteiger partial charge on any atom is 0.164 e. The number of nitriles is 1. The van der Waals surface area contributed by atoms with Gasteiger partial charge in [0, 0.05) is 43.9 Å². The predicted molar refractivity (Wildman–Crippen MR) is 237 cm³/mol. The van der Waals surface area contributed by atoms with Crippen LogP contribution in [-0.2, 0) is 0 Å². The molecule has 0 aliphatic heterocycles. The van der Waals surface area contributed by atoms with E-state index >= 15 is 0 Å². The van der Waals surface area contributed by atoms with Crippen molar-refractivity contribution in [3.63, 3.8) is 0 Å².